The maximum atomic E-state index is 5.63. The number of hydrogen-bond donors (Lipinski definition) is 1. The van der Waals surface area contributed by atoms with Crippen LogP contribution in [-0.4, -0.2) is 4.98 Å². The summed E-state index contributed by atoms with van der Waals surface area (Å²) in [6, 6.07) is 3.60. The van der Waals surface area contributed by atoms with Gasteiger partial charge in [-0.1, -0.05) is 0 Å². The zero-order valence-electron chi connectivity index (χ0n) is 7.37. The Hall–Kier alpha value is -0.840. The molecule has 74 valence electrons. The second-order valence-electron chi connectivity index (χ2n) is 2.79. The van der Waals surface area contributed by atoms with Crippen molar-refractivity contribution in [2.45, 2.75) is 13.1 Å². The van der Waals surface area contributed by atoms with Gasteiger partial charge in [0.1, 0.15) is 5.76 Å². The third kappa shape index (κ3) is 2.57. The number of thiazole rings is 1. The lowest BCUT2D eigenvalue weighted by Gasteiger charge is -1.98. The summed E-state index contributed by atoms with van der Waals surface area (Å²) in [4.78, 5) is 4.15. The molecule has 0 aliphatic heterocycles. The molecule has 0 atom stereocenters. The van der Waals surface area contributed by atoms with Crippen molar-refractivity contribution in [1.82, 2.24) is 10.3 Å². The van der Waals surface area contributed by atoms with Gasteiger partial charge in [-0.2, -0.15) is 0 Å². The van der Waals surface area contributed by atoms with E-state index in [1.807, 2.05) is 17.0 Å². The monoisotopic (exact) mass is 228 g/mol. The van der Waals surface area contributed by atoms with Crippen LogP contribution in [0.4, 0.5) is 0 Å². The molecular formula is C9H9ClN2OS. The van der Waals surface area contributed by atoms with Gasteiger partial charge in [-0.15, -0.1) is 11.3 Å². The van der Waals surface area contributed by atoms with Crippen molar-refractivity contribution >= 4 is 22.9 Å². The molecule has 0 bridgehead atoms. The Labute approximate surface area is 90.7 Å². The van der Waals surface area contributed by atoms with Crippen LogP contribution in [0.15, 0.2) is 27.4 Å². The minimum absolute atomic E-state index is 0.426. The molecule has 0 fully saturated rings. The molecule has 2 heterocycles. The first kappa shape index (κ1) is 9.71. The highest BCUT2D eigenvalue weighted by atomic mass is 35.5. The van der Waals surface area contributed by atoms with Crippen LogP contribution >= 0.6 is 22.9 Å². The predicted octanol–water partition coefficient (Wildman–Crippen LogP) is 2.68. The lowest BCUT2D eigenvalue weighted by Crippen LogP contribution is -2.12. The third-order valence-corrected chi connectivity index (χ3v) is 2.56. The maximum absolute atomic E-state index is 5.63. The maximum Gasteiger partial charge on any atom is 0.193 e. The topological polar surface area (TPSA) is 38.1 Å². The minimum atomic E-state index is 0.426. The summed E-state index contributed by atoms with van der Waals surface area (Å²) in [5, 5.41) is 5.65. The number of nitrogens with zero attached hydrogens (tertiary/aromatic N) is 1. The van der Waals surface area contributed by atoms with E-state index < -0.39 is 0 Å². The summed E-state index contributed by atoms with van der Waals surface area (Å²) in [7, 11) is 0. The van der Waals surface area contributed by atoms with Gasteiger partial charge in [-0.05, 0) is 23.7 Å². The second kappa shape index (κ2) is 4.59. The van der Waals surface area contributed by atoms with Crippen LogP contribution in [0, 0.1) is 0 Å². The molecule has 0 aromatic carbocycles. The van der Waals surface area contributed by atoms with Gasteiger partial charge >= 0.3 is 0 Å². The summed E-state index contributed by atoms with van der Waals surface area (Å²) in [5.74, 6) is 0.838. The fourth-order valence-electron chi connectivity index (χ4n) is 1.09. The highest BCUT2D eigenvalue weighted by Gasteiger charge is 1.99. The van der Waals surface area contributed by atoms with Gasteiger partial charge in [-0.25, -0.2) is 4.98 Å². The Bertz CT molecular complexity index is 385. The average Bonchev–Trinajstić information content (AvgIpc) is 2.77. The SMILES string of the molecule is Clc1ccc(CNCc2cscn2)o1. The van der Waals surface area contributed by atoms with E-state index in [2.05, 4.69) is 10.3 Å². The summed E-state index contributed by atoms with van der Waals surface area (Å²) in [5.41, 5.74) is 2.87. The number of halogens is 1. The Kier molecular flexibility index (Phi) is 3.18. The van der Waals surface area contributed by atoms with E-state index in [0.717, 1.165) is 18.0 Å². The van der Waals surface area contributed by atoms with Gasteiger partial charge in [0, 0.05) is 11.9 Å². The third-order valence-electron chi connectivity index (χ3n) is 1.72. The first-order valence-corrected chi connectivity index (χ1v) is 5.48. The van der Waals surface area contributed by atoms with Crippen LogP contribution in [0.1, 0.15) is 11.5 Å². The summed E-state index contributed by atoms with van der Waals surface area (Å²) < 4.78 is 5.19. The second-order valence-corrected chi connectivity index (χ2v) is 3.88. The predicted molar refractivity (Wildman–Crippen MR) is 56.4 cm³/mol. The fourth-order valence-corrected chi connectivity index (χ4v) is 1.81. The largest absolute Gasteiger partial charge is 0.448 e. The van der Waals surface area contributed by atoms with Crippen molar-refractivity contribution in [2.24, 2.45) is 0 Å². The average molecular weight is 229 g/mol. The number of furan rings is 1. The zero-order valence-corrected chi connectivity index (χ0v) is 8.94. The van der Waals surface area contributed by atoms with Crippen molar-refractivity contribution in [1.29, 1.82) is 0 Å². The highest BCUT2D eigenvalue weighted by Crippen LogP contribution is 2.12. The first-order valence-electron chi connectivity index (χ1n) is 4.16. The lowest BCUT2D eigenvalue weighted by atomic mass is 10.4. The summed E-state index contributed by atoms with van der Waals surface area (Å²) in [6.07, 6.45) is 0. The van der Waals surface area contributed by atoms with Gasteiger partial charge in [0.2, 0.25) is 0 Å². The summed E-state index contributed by atoms with van der Waals surface area (Å²) >= 11 is 7.23. The van der Waals surface area contributed by atoms with E-state index in [4.69, 9.17) is 16.0 Å². The molecule has 2 aromatic heterocycles. The van der Waals surface area contributed by atoms with Crippen molar-refractivity contribution in [3.63, 3.8) is 0 Å². The molecule has 2 rings (SSSR count). The zero-order chi connectivity index (χ0) is 9.80. The van der Waals surface area contributed by atoms with Crippen molar-refractivity contribution < 1.29 is 4.42 Å². The van der Waals surface area contributed by atoms with Gasteiger partial charge in [0.05, 0.1) is 17.7 Å². The van der Waals surface area contributed by atoms with E-state index in [1.165, 1.54) is 0 Å². The molecule has 14 heavy (non-hydrogen) atoms. The number of hydrogen-bond acceptors (Lipinski definition) is 4. The lowest BCUT2D eigenvalue weighted by molar-refractivity contribution is 0.483. The standard InChI is InChI=1S/C9H9ClN2OS/c10-9-2-1-8(13-9)4-11-3-7-5-14-6-12-7/h1-2,5-6,11H,3-4H2. The van der Waals surface area contributed by atoms with Gasteiger partial charge in [-0.3, -0.25) is 0 Å². The van der Waals surface area contributed by atoms with Gasteiger partial charge < -0.3 is 9.73 Å². The molecule has 0 amide bonds. The van der Waals surface area contributed by atoms with E-state index in [9.17, 15) is 0 Å². The Morgan fingerprint density at radius 2 is 2.36 bits per heavy atom. The van der Waals surface area contributed by atoms with Crippen molar-refractivity contribution in [3.8, 4) is 0 Å². The molecule has 5 heteroatoms. The molecule has 0 saturated carbocycles. The Balaban J connectivity index is 1.78. The Morgan fingerprint density at radius 1 is 1.43 bits per heavy atom. The molecular weight excluding hydrogens is 220 g/mol. The highest BCUT2D eigenvalue weighted by molar-refractivity contribution is 7.07. The number of aromatic nitrogens is 1. The van der Waals surface area contributed by atoms with Crippen LogP contribution in [0.5, 0.6) is 0 Å². The smallest absolute Gasteiger partial charge is 0.193 e. The van der Waals surface area contributed by atoms with Crippen molar-refractivity contribution in [2.75, 3.05) is 0 Å². The van der Waals surface area contributed by atoms with Crippen LogP contribution in [-0.2, 0) is 13.1 Å². The molecule has 0 aliphatic carbocycles. The summed E-state index contributed by atoms with van der Waals surface area (Å²) in [6.45, 7) is 1.42. The molecule has 0 aliphatic rings. The first-order chi connectivity index (χ1) is 6.84. The number of nitrogens with one attached hydrogen (secondary N) is 1. The van der Waals surface area contributed by atoms with Crippen LogP contribution in [0.25, 0.3) is 0 Å². The normalized spacial score (nSPS) is 10.6. The van der Waals surface area contributed by atoms with E-state index in [-0.39, 0.29) is 0 Å². The fraction of sp³-hybridized carbons (Fsp3) is 0.222. The Morgan fingerprint density at radius 3 is 3.00 bits per heavy atom. The van der Waals surface area contributed by atoms with E-state index in [1.54, 1.807) is 17.4 Å². The molecule has 0 unspecified atom stereocenters. The molecule has 0 saturated heterocycles. The molecule has 1 N–H and O–H groups in total. The van der Waals surface area contributed by atoms with Crippen LogP contribution in [0.2, 0.25) is 5.22 Å². The number of rotatable bonds is 4. The quantitative estimate of drug-likeness (QED) is 0.875. The van der Waals surface area contributed by atoms with Crippen LogP contribution in [0.3, 0.4) is 0 Å². The van der Waals surface area contributed by atoms with Crippen molar-refractivity contribution in [3.05, 3.63) is 39.7 Å². The molecule has 3 nitrogen and oxygen atoms in total. The van der Waals surface area contributed by atoms with Crippen LogP contribution < -0.4 is 5.32 Å². The molecule has 0 spiro atoms. The molecule has 0 radical (unpaired) electrons. The van der Waals surface area contributed by atoms with Gasteiger partial charge in [0.15, 0.2) is 5.22 Å². The van der Waals surface area contributed by atoms with Gasteiger partial charge in [0.25, 0.3) is 0 Å². The van der Waals surface area contributed by atoms with E-state index in [0.29, 0.717) is 11.8 Å². The minimum Gasteiger partial charge on any atom is -0.448 e. The molecule has 2 aromatic rings. The van der Waals surface area contributed by atoms with E-state index >= 15 is 0 Å².